The van der Waals surface area contributed by atoms with Crippen molar-refractivity contribution >= 4 is 23.8 Å². The van der Waals surface area contributed by atoms with E-state index in [0.717, 1.165) is 0 Å². The van der Waals surface area contributed by atoms with Gasteiger partial charge in [-0.1, -0.05) is 0 Å². The molecule has 1 amide bonds. The van der Waals surface area contributed by atoms with Crippen LogP contribution in [0, 0.1) is 0 Å². The highest BCUT2D eigenvalue weighted by Gasteiger charge is 2.52. The molecule has 142 valence electrons. The van der Waals surface area contributed by atoms with Gasteiger partial charge >= 0.3 is 17.9 Å². The van der Waals surface area contributed by atoms with Gasteiger partial charge in [-0.3, -0.25) is 19.2 Å². The molecule has 1 aliphatic rings. The Morgan fingerprint density at radius 2 is 1.68 bits per heavy atom. The van der Waals surface area contributed by atoms with Gasteiger partial charge in [-0.25, -0.2) is 0 Å². The summed E-state index contributed by atoms with van der Waals surface area (Å²) < 4.78 is 26.0. The summed E-state index contributed by atoms with van der Waals surface area (Å²) in [5, 5.41) is 2.60. The van der Waals surface area contributed by atoms with E-state index < -0.39 is 54.5 Å². The highest BCUT2D eigenvalue weighted by Crippen LogP contribution is 2.28. The molecule has 0 bridgehead atoms. The van der Waals surface area contributed by atoms with Gasteiger partial charge in [-0.15, -0.1) is 0 Å². The average Bonchev–Trinajstić information content (AvgIpc) is 2.79. The van der Waals surface area contributed by atoms with E-state index in [1.54, 1.807) is 0 Å². The summed E-state index contributed by atoms with van der Waals surface area (Å²) in [6.45, 7) is 4.56. The van der Waals surface area contributed by atoms with Crippen molar-refractivity contribution in [2.45, 2.75) is 58.3 Å². The molecule has 1 saturated heterocycles. The van der Waals surface area contributed by atoms with Gasteiger partial charge in [0, 0.05) is 34.8 Å². The number of hydrogen-bond acceptors (Lipinski definition) is 9. The van der Waals surface area contributed by atoms with Crippen molar-refractivity contribution in [2.75, 3.05) is 13.7 Å². The number of amides is 1. The Bertz CT molecular complexity index is 521. The van der Waals surface area contributed by atoms with Gasteiger partial charge in [0.15, 0.2) is 18.5 Å². The van der Waals surface area contributed by atoms with Crippen LogP contribution in [0.5, 0.6) is 0 Å². The second kappa shape index (κ2) is 9.33. The third-order valence-electron chi connectivity index (χ3n) is 3.31. The van der Waals surface area contributed by atoms with E-state index in [2.05, 4.69) is 5.32 Å². The number of nitrogens with one attached hydrogen (secondary N) is 1. The Morgan fingerprint density at radius 1 is 1.04 bits per heavy atom. The first kappa shape index (κ1) is 20.8. The quantitative estimate of drug-likeness (QED) is 0.462. The lowest BCUT2D eigenvalue weighted by Crippen LogP contribution is -2.53. The van der Waals surface area contributed by atoms with E-state index in [1.165, 1.54) is 34.8 Å². The Morgan fingerprint density at radius 3 is 2.12 bits per heavy atom. The van der Waals surface area contributed by atoms with Gasteiger partial charge in [-0.05, 0) is 0 Å². The standard InChI is InChI=1S/C15H23NO9/c1-7(17)16-12-13(11(23-9(3)19)6-22-8(2)18)25-15(21-5)14(12)24-10(4)20/h11-15H,6H2,1-5H3,(H,16,17)/t11-,12-,13-,14-,15+/m1/s1. The number of ether oxygens (including phenoxy) is 5. The van der Waals surface area contributed by atoms with Crippen molar-refractivity contribution in [3.63, 3.8) is 0 Å². The van der Waals surface area contributed by atoms with Crippen LogP contribution in [0.15, 0.2) is 0 Å². The maximum Gasteiger partial charge on any atom is 0.303 e. The van der Waals surface area contributed by atoms with Crippen molar-refractivity contribution < 1.29 is 42.9 Å². The number of rotatable bonds is 7. The number of carbonyl (C=O) groups excluding carboxylic acids is 4. The third-order valence-corrected chi connectivity index (χ3v) is 3.31. The van der Waals surface area contributed by atoms with Crippen LogP contribution < -0.4 is 5.32 Å². The zero-order valence-electron chi connectivity index (χ0n) is 14.8. The summed E-state index contributed by atoms with van der Waals surface area (Å²) in [6.07, 6.45) is -3.95. The molecule has 1 heterocycles. The van der Waals surface area contributed by atoms with Gasteiger partial charge < -0.3 is 29.0 Å². The molecule has 10 heteroatoms. The fourth-order valence-corrected chi connectivity index (χ4v) is 2.51. The summed E-state index contributed by atoms with van der Waals surface area (Å²) in [5.74, 6) is -2.23. The molecule has 0 aromatic heterocycles. The zero-order chi connectivity index (χ0) is 19.1. The predicted molar refractivity (Wildman–Crippen MR) is 81.0 cm³/mol. The average molecular weight is 361 g/mol. The van der Waals surface area contributed by atoms with Gasteiger partial charge in [0.1, 0.15) is 18.8 Å². The van der Waals surface area contributed by atoms with Crippen LogP contribution in [0.4, 0.5) is 0 Å². The Balaban J connectivity index is 3.10. The second-order valence-corrected chi connectivity index (χ2v) is 5.46. The highest BCUT2D eigenvalue weighted by molar-refractivity contribution is 5.73. The maximum atomic E-state index is 11.5. The molecule has 1 fully saturated rings. The molecule has 0 aliphatic carbocycles. The smallest absolute Gasteiger partial charge is 0.303 e. The molecule has 0 aromatic carbocycles. The fourth-order valence-electron chi connectivity index (χ4n) is 2.51. The van der Waals surface area contributed by atoms with Crippen molar-refractivity contribution in [1.29, 1.82) is 0 Å². The number of hydrogen-bond donors (Lipinski definition) is 1. The van der Waals surface area contributed by atoms with Crippen molar-refractivity contribution in [3.8, 4) is 0 Å². The van der Waals surface area contributed by atoms with E-state index in [4.69, 9.17) is 23.7 Å². The van der Waals surface area contributed by atoms with Gasteiger partial charge in [0.25, 0.3) is 0 Å². The Labute approximate surface area is 145 Å². The molecule has 0 saturated carbocycles. The van der Waals surface area contributed by atoms with E-state index in [1.807, 2.05) is 0 Å². The fraction of sp³-hybridized carbons (Fsp3) is 0.733. The number of methoxy groups -OCH3 is 1. The Kier molecular flexibility index (Phi) is 7.78. The van der Waals surface area contributed by atoms with E-state index in [0.29, 0.717) is 0 Å². The number of carbonyl (C=O) groups is 4. The van der Waals surface area contributed by atoms with Crippen LogP contribution in [-0.4, -0.2) is 68.2 Å². The summed E-state index contributed by atoms with van der Waals surface area (Å²) in [6, 6.07) is -0.869. The lowest BCUT2D eigenvalue weighted by molar-refractivity contribution is -0.191. The van der Waals surface area contributed by atoms with Crippen molar-refractivity contribution in [1.82, 2.24) is 5.32 Å². The first-order valence-corrected chi connectivity index (χ1v) is 7.58. The summed E-state index contributed by atoms with van der Waals surface area (Å²) in [5.41, 5.74) is 0. The minimum absolute atomic E-state index is 0.293. The van der Waals surface area contributed by atoms with Crippen LogP contribution in [0.25, 0.3) is 0 Å². The molecule has 1 rings (SSSR count). The molecular weight excluding hydrogens is 338 g/mol. The van der Waals surface area contributed by atoms with Crippen LogP contribution in [0.3, 0.4) is 0 Å². The molecule has 1 aliphatic heterocycles. The van der Waals surface area contributed by atoms with E-state index in [9.17, 15) is 19.2 Å². The van der Waals surface area contributed by atoms with Crippen LogP contribution in [0.1, 0.15) is 27.7 Å². The van der Waals surface area contributed by atoms with Crippen molar-refractivity contribution in [2.24, 2.45) is 0 Å². The van der Waals surface area contributed by atoms with Crippen LogP contribution in [0.2, 0.25) is 0 Å². The lowest BCUT2D eigenvalue weighted by atomic mass is 10.0. The molecule has 1 N–H and O–H groups in total. The second-order valence-electron chi connectivity index (χ2n) is 5.46. The molecule has 0 aromatic rings. The minimum atomic E-state index is -1.03. The molecule has 0 spiro atoms. The predicted octanol–water partition coefficient (Wildman–Crippen LogP) is -0.711. The van der Waals surface area contributed by atoms with E-state index >= 15 is 0 Å². The molecular formula is C15H23NO9. The molecule has 0 radical (unpaired) electrons. The van der Waals surface area contributed by atoms with E-state index in [-0.39, 0.29) is 6.61 Å². The van der Waals surface area contributed by atoms with Gasteiger partial charge in [-0.2, -0.15) is 0 Å². The van der Waals surface area contributed by atoms with Crippen molar-refractivity contribution in [3.05, 3.63) is 0 Å². The molecule has 5 atom stereocenters. The SMILES string of the molecule is CO[C@H]1O[C@H]([C@@H](COC(C)=O)OC(C)=O)[C@@H](NC(C)=O)[C@H]1OC(C)=O. The first-order valence-electron chi connectivity index (χ1n) is 7.58. The highest BCUT2D eigenvalue weighted by atomic mass is 16.7. The van der Waals surface area contributed by atoms with Crippen LogP contribution in [-0.2, 0) is 42.9 Å². The largest absolute Gasteiger partial charge is 0.462 e. The normalized spacial score (nSPS) is 26.4. The van der Waals surface area contributed by atoms with Crippen LogP contribution >= 0.6 is 0 Å². The molecule has 0 unspecified atom stereocenters. The maximum absolute atomic E-state index is 11.5. The summed E-state index contributed by atoms with van der Waals surface area (Å²) >= 11 is 0. The molecule has 25 heavy (non-hydrogen) atoms. The zero-order valence-corrected chi connectivity index (χ0v) is 14.8. The lowest BCUT2D eigenvalue weighted by Gasteiger charge is -2.28. The van der Waals surface area contributed by atoms with Gasteiger partial charge in [0.05, 0.1) is 0 Å². The monoisotopic (exact) mass is 361 g/mol. The summed E-state index contributed by atoms with van der Waals surface area (Å²) in [7, 11) is 1.33. The topological polar surface area (TPSA) is 126 Å². The first-order chi connectivity index (χ1) is 11.6. The summed E-state index contributed by atoms with van der Waals surface area (Å²) in [4.78, 5) is 45.3. The minimum Gasteiger partial charge on any atom is -0.462 e. The van der Waals surface area contributed by atoms with Gasteiger partial charge in [0.2, 0.25) is 5.91 Å². The molecule has 10 nitrogen and oxygen atoms in total. The third kappa shape index (κ3) is 6.31. The Hall–Kier alpha value is -2.20. The number of esters is 3.